The van der Waals surface area contributed by atoms with Gasteiger partial charge in [0, 0.05) is 13.8 Å². The molecule has 0 fully saturated rings. The van der Waals surface area contributed by atoms with E-state index >= 15 is 0 Å². The molecule has 2 rings (SSSR count). The average Bonchev–Trinajstić information content (AvgIpc) is 2.68. The number of carbonyl (C=O) groups excluding carboxylic acids is 2. The Morgan fingerprint density at radius 3 is 1.86 bits per heavy atom. The van der Waals surface area contributed by atoms with Gasteiger partial charge in [-0.2, -0.15) is 0 Å². The molecule has 2 aromatic carbocycles. The molecule has 150 valence electrons. The lowest BCUT2D eigenvalue weighted by atomic mass is 10.2. The van der Waals surface area contributed by atoms with E-state index in [0.29, 0.717) is 13.2 Å². The molecule has 0 saturated heterocycles. The molecule has 2 atom stereocenters. The molecular weight excluding hydrogens is 360 g/mol. The van der Waals surface area contributed by atoms with Gasteiger partial charge < -0.3 is 18.9 Å². The standard InChI is InChI=1S/C22H26O6/c1-17(23)26-16-21(27-14-20-11-7-4-8-12-20)22(28-18(2)24)15-25-13-19-9-5-3-6-10-19/h3-12,21-22H,13-16H2,1-2H3/t21-,22+/m1/s1. The zero-order valence-electron chi connectivity index (χ0n) is 16.2. The highest BCUT2D eigenvalue weighted by Gasteiger charge is 2.27. The van der Waals surface area contributed by atoms with Gasteiger partial charge in [-0.25, -0.2) is 0 Å². The van der Waals surface area contributed by atoms with Gasteiger partial charge in [-0.1, -0.05) is 60.7 Å². The Labute approximate surface area is 165 Å². The number of hydrogen-bond acceptors (Lipinski definition) is 6. The van der Waals surface area contributed by atoms with E-state index in [4.69, 9.17) is 18.9 Å². The third-order valence-electron chi connectivity index (χ3n) is 3.88. The smallest absolute Gasteiger partial charge is 0.303 e. The summed E-state index contributed by atoms with van der Waals surface area (Å²) >= 11 is 0. The molecule has 6 nitrogen and oxygen atoms in total. The zero-order valence-corrected chi connectivity index (χ0v) is 16.2. The van der Waals surface area contributed by atoms with Crippen LogP contribution in [-0.4, -0.2) is 37.4 Å². The lowest BCUT2D eigenvalue weighted by molar-refractivity contribution is -0.170. The van der Waals surface area contributed by atoms with Crippen molar-refractivity contribution in [2.45, 2.75) is 39.3 Å². The quantitative estimate of drug-likeness (QED) is 0.552. The van der Waals surface area contributed by atoms with Crippen LogP contribution in [0.1, 0.15) is 25.0 Å². The van der Waals surface area contributed by atoms with Gasteiger partial charge in [-0.05, 0) is 11.1 Å². The molecule has 0 aliphatic heterocycles. The Morgan fingerprint density at radius 2 is 1.32 bits per heavy atom. The highest BCUT2D eigenvalue weighted by Crippen LogP contribution is 2.12. The minimum Gasteiger partial charge on any atom is -0.463 e. The van der Waals surface area contributed by atoms with E-state index in [1.165, 1.54) is 13.8 Å². The van der Waals surface area contributed by atoms with Gasteiger partial charge in [0.25, 0.3) is 0 Å². The van der Waals surface area contributed by atoms with Crippen molar-refractivity contribution in [1.29, 1.82) is 0 Å². The first-order valence-electron chi connectivity index (χ1n) is 9.12. The summed E-state index contributed by atoms with van der Waals surface area (Å²) in [5, 5.41) is 0. The van der Waals surface area contributed by atoms with Crippen LogP contribution in [0, 0.1) is 0 Å². The second-order valence-electron chi connectivity index (χ2n) is 6.29. The molecule has 0 aliphatic rings. The Hall–Kier alpha value is -2.70. The van der Waals surface area contributed by atoms with Crippen molar-refractivity contribution in [2.24, 2.45) is 0 Å². The molecule has 0 aromatic heterocycles. The molecule has 6 heteroatoms. The van der Waals surface area contributed by atoms with E-state index in [1.807, 2.05) is 60.7 Å². The Bertz CT molecular complexity index is 716. The molecule has 0 amide bonds. The van der Waals surface area contributed by atoms with Crippen LogP contribution in [0.4, 0.5) is 0 Å². The lowest BCUT2D eigenvalue weighted by Crippen LogP contribution is -2.40. The van der Waals surface area contributed by atoms with Gasteiger partial charge in [0.05, 0.1) is 19.8 Å². The fourth-order valence-corrected chi connectivity index (χ4v) is 2.54. The average molecular weight is 386 g/mol. The predicted octanol–water partition coefficient (Wildman–Crippen LogP) is 3.28. The number of rotatable bonds is 11. The van der Waals surface area contributed by atoms with E-state index in [2.05, 4.69) is 0 Å². The maximum absolute atomic E-state index is 11.6. The van der Waals surface area contributed by atoms with Gasteiger partial charge >= 0.3 is 11.9 Å². The second-order valence-corrected chi connectivity index (χ2v) is 6.29. The van der Waals surface area contributed by atoms with Gasteiger partial charge in [0.1, 0.15) is 12.7 Å². The van der Waals surface area contributed by atoms with Crippen molar-refractivity contribution in [3.63, 3.8) is 0 Å². The molecule has 0 spiro atoms. The van der Waals surface area contributed by atoms with Crippen LogP contribution in [0.2, 0.25) is 0 Å². The van der Waals surface area contributed by atoms with E-state index in [-0.39, 0.29) is 13.2 Å². The minimum atomic E-state index is -0.704. The van der Waals surface area contributed by atoms with Gasteiger partial charge in [-0.3, -0.25) is 9.59 Å². The molecule has 2 aromatic rings. The summed E-state index contributed by atoms with van der Waals surface area (Å²) in [6.07, 6.45) is -1.35. The van der Waals surface area contributed by atoms with Crippen molar-refractivity contribution in [2.75, 3.05) is 13.2 Å². The lowest BCUT2D eigenvalue weighted by Gasteiger charge is -2.26. The Morgan fingerprint density at radius 1 is 0.750 bits per heavy atom. The van der Waals surface area contributed by atoms with Crippen molar-refractivity contribution in [3.05, 3.63) is 71.8 Å². The maximum atomic E-state index is 11.6. The molecule has 28 heavy (non-hydrogen) atoms. The van der Waals surface area contributed by atoms with Crippen LogP contribution in [0.5, 0.6) is 0 Å². The van der Waals surface area contributed by atoms with E-state index < -0.39 is 24.1 Å². The zero-order chi connectivity index (χ0) is 20.2. The van der Waals surface area contributed by atoms with Crippen LogP contribution in [0.3, 0.4) is 0 Å². The van der Waals surface area contributed by atoms with Gasteiger partial charge in [-0.15, -0.1) is 0 Å². The van der Waals surface area contributed by atoms with Crippen LogP contribution in [0.15, 0.2) is 60.7 Å². The first-order chi connectivity index (χ1) is 13.5. The molecule has 0 bridgehead atoms. The fourth-order valence-electron chi connectivity index (χ4n) is 2.54. The topological polar surface area (TPSA) is 71.1 Å². The maximum Gasteiger partial charge on any atom is 0.303 e. The van der Waals surface area contributed by atoms with Crippen LogP contribution in [-0.2, 0) is 41.8 Å². The highest BCUT2D eigenvalue weighted by molar-refractivity contribution is 5.66. The molecule has 0 unspecified atom stereocenters. The molecule has 0 saturated carbocycles. The normalized spacial score (nSPS) is 12.8. The third kappa shape index (κ3) is 8.33. The molecule has 0 N–H and O–H groups in total. The highest BCUT2D eigenvalue weighted by atomic mass is 16.6. The monoisotopic (exact) mass is 386 g/mol. The molecular formula is C22H26O6. The molecule has 0 radical (unpaired) electrons. The molecule has 0 heterocycles. The fraction of sp³-hybridized carbons (Fsp3) is 0.364. The summed E-state index contributed by atoms with van der Waals surface area (Å²) in [6.45, 7) is 3.40. The summed E-state index contributed by atoms with van der Waals surface area (Å²) in [5.41, 5.74) is 1.97. The van der Waals surface area contributed by atoms with Gasteiger partial charge in [0.15, 0.2) is 6.10 Å². The largest absolute Gasteiger partial charge is 0.463 e. The van der Waals surface area contributed by atoms with Crippen LogP contribution >= 0.6 is 0 Å². The van der Waals surface area contributed by atoms with Crippen LogP contribution in [0.25, 0.3) is 0 Å². The first-order valence-corrected chi connectivity index (χ1v) is 9.12. The van der Waals surface area contributed by atoms with Crippen molar-refractivity contribution < 1.29 is 28.5 Å². The van der Waals surface area contributed by atoms with Crippen molar-refractivity contribution in [3.8, 4) is 0 Å². The predicted molar refractivity (Wildman–Crippen MR) is 103 cm³/mol. The number of esters is 2. The Balaban J connectivity index is 2.00. The third-order valence-corrected chi connectivity index (χ3v) is 3.88. The summed E-state index contributed by atoms with van der Waals surface area (Å²) in [4.78, 5) is 22.8. The number of carbonyl (C=O) groups is 2. The van der Waals surface area contributed by atoms with Crippen molar-refractivity contribution in [1.82, 2.24) is 0 Å². The number of hydrogen-bond donors (Lipinski definition) is 0. The van der Waals surface area contributed by atoms with E-state index in [1.54, 1.807) is 0 Å². The summed E-state index contributed by atoms with van der Waals surface area (Å²) in [6, 6.07) is 19.3. The Kier molecular flexibility index (Phi) is 9.18. The summed E-state index contributed by atoms with van der Waals surface area (Å²) in [7, 11) is 0. The van der Waals surface area contributed by atoms with E-state index in [9.17, 15) is 9.59 Å². The van der Waals surface area contributed by atoms with Gasteiger partial charge in [0.2, 0.25) is 0 Å². The van der Waals surface area contributed by atoms with Crippen LogP contribution < -0.4 is 0 Å². The summed E-state index contributed by atoms with van der Waals surface area (Å²) in [5.74, 6) is -0.885. The van der Waals surface area contributed by atoms with Crippen molar-refractivity contribution >= 4 is 11.9 Å². The first kappa shape index (κ1) is 21.6. The minimum absolute atomic E-state index is 0.0329. The van der Waals surface area contributed by atoms with E-state index in [0.717, 1.165) is 11.1 Å². The number of benzene rings is 2. The summed E-state index contributed by atoms with van der Waals surface area (Å²) < 4.78 is 22.1. The molecule has 0 aliphatic carbocycles. The number of ether oxygens (including phenoxy) is 4. The SMILES string of the molecule is CC(=O)OC[C@@H](OCc1ccccc1)[C@H](COCc1ccccc1)OC(C)=O. The second kappa shape index (κ2) is 11.9.